The number of aromatic nitrogens is 1. The lowest BCUT2D eigenvalue weighted by molar-refractivity contribution is 0.0944. The van der Waals surface area contributed by atoms with Crippen molar-refractivity contribution in [3.8, 4) is 0 Å². The van der Waals surface area contributed by atoms with Crippen LogP contribution in [0.1, 0.15) is 43.6 Å². The first kappa shape index (κ1) is 17.0. The predicted molar refractivity (Wildman–Crippen MR) is 79.5 cm³/mol. The fourth-order valence-electron chi connectivity index (χ4n) is 1.86. The monoisotopic (exact) mass is 320 g/mol. The van der Waals surface area contributed by atoms with E-state index in [1.165, 1.54) is 16.8 Å². The lowest BCUT2D eigenvalue weighted by atomic mass is 10.1. The molecule has 114 valence electrons. The standard InChI is InChI=1S/C13H21ClN2O3S/c1-10(2)6-4-5-7-15-13(17)12-8-11(9-16(12)3)20(14,18)19/h8-10H,4-7H2,1-3H3,(H,15,17). The van der Waals surface area contributed by atoms with Crippen LogP contribution >= 0.6 is 10.7 Å². The molecular formula is C13H21ClN2O3S. The van der Waals surface area contributed by atoms with Crippen LogP contribution in [0, 0.1) is 5.92 Å². The van der Waals surface area contributed by atoms with Gasteiger partial charge in [0, 0.05) is 30.5 Å². The van der Waals surface area contributed by atoms with Crippen molar-refractivity contribution in [2.75, 3.05) is 6.54 Å². The van der Waals surface area contributed by atoms with E-state index in [0.29, 0.717) is 12.5 Å². The topological polar surface area (TPSA) is 68.2 Å². The molecule has 1 heterocycles. The number of carbonyl (C=O) groups is 1. The Kier molecular flexibility index (Phi) is 6.07. The van der Waals surface area contributed by atoms with Crippen LogP contribution in [0.3, 0.4) is 0 Å². The summed E-state index contributed by atoms with van der Waals surface area (Å²) in [5.74, 6) is 0.374. The van der Waals surface area contributed by atoms with Gasteiger partial charge in [0.2, 0.25) is 0 Å². The molecule has 0 aliphatic carbocycles. The molecule has 0 aromatic carbocycles. The Hall–Kier alpha value is -1.01. The number of nitrogens with zero attached hydrogens (tertiary/aromatic N) is 1. The van der Waals surface area contributed by atoms with Gasteiger partial charge in [-0.05, 0) is 18.4 Å². The lowest BCUT2D eigenvalue weighted by Gasteiger charge is -2.07. The Labute approximate surface area is 124 Å². The normalized spacial score (nSPS) is 11.8. The van der Waals surface area contributed by atoms with Crippen molar-refractivity contribution in [2.24, 2.45) is 13.0 Å². The summed E-state index contributed by atoms with van der Waals surface area (Å²) in [6.07, 6.45) is 4.44. The molecule has 1 aromatic rings. The van der Waals surface area contributed by atoms with Gasteiger partial charge in [-0.1, -0.05) is 26.7 Å². The van der Waals surface area contributed by atoms with Crippen LogP contribution in [0.15, 0.2) is 17.2 Å². The Morgan fingerprint density at radius 2 is 2.05 bits per heavy atom. The molecule has 0 spiro atoms. The quantitative estimate of drug-likeness (QED) is 0.620. The molecule has 0 fully saturated rings. The third-order valence-electron chi connectivity index (χ3n) is 2.99. The Morgan fingerprint density at radius 3 is 2.55 bits per heavy atom. The summed E-state index contributed by atoms with van der Waals surface area (Å²) in [5, 5.41) is 2.78. The van der Waals surface area contributed by atoms with Gasteiger partial charge in [0.15, 0.2) is 0 Å². The zero-order chi connectivity index (χ0) is 15.3. The van der Waals surface area contributed by atoms with Crippen LogP contribution in [-0.2, 0) is 16.1 Å². The van der Waals surface area contributed by atoms with E-state index in [-0.39, 0.29) is 16.5 Å². The number of unbranched alkanes of at least 4 members (excludes halogenated alkanes) is 1. The second-order valence-corrected chi connectivity index (χ2v) is 7.82. The Morgan fingerprint density at radius 1 is 1.40 bits per heavy atom. The van der Waals surface area contributed by atoms with Crippen LogP contribution in [0.4, 0.5) is 0 Å². The van der Waals surface area contributed by atoms with Crippen molar-refractivity contribution in [3.63, 3.8) is 0 Å². The average Bonchev–Trinajstić information content (AvgIpc) is 2.70. The van der Waals surface area contributed by atoms with E-state index in [1.54, 1.807) is 7.05 Å². The summed E-state index contributed by atoms with van der Waals surface area (Å²) in [6.45, 7) is 4.91. The number of carbonyl (C=O) groups excluding carboxylic acids is 1. The van der Waals surface area contributed by atoms with Crippen LogP contribution in [0.5, 0.6) is 0 Å². The summed E-state index contributed by atoms with van der Waals surface area (Å²) in [6, 6.07) is 1.28. The van der Waals surface area contributed by atoms with Crippen LogP contribution in [0.25, 0.3) is 0 Å². The number of hydrogen-bond donors (Lipinski definition) is 1. The maximum absolute atomic E-state index is 11.9. The minimum atomic E-state index is -3.81. The first-order valence-corrected chi connectivity index (χ1v) is 8.92. The van der Waals surface area contributed by atoms with Gasteiger partial charge in [0.25, 0.3) is 15.0 Å². The zero-order valence-corrected chi connectivity index (χ0v) is 13.6. The summed E-state index contributed by atoms with van der Waals surface area (Å²) in [7, 11) is 3.06. The molecule has 0 aliphatic heterocycles. The molecule has 0 saturated heterocycles. The number of rotatable bonds is 7. The highest BCUT2D eigenvalue weighted by atomic mass is 35.7. The van der Waals surface area contributed by atoms with E-state index in [0.717, 1.165) is 19.3 Å². The largest absolute Gasteiger partial charge is 0.351 e. The van der Waals surface area contributed by atoms with Crippen molar-refractivity contribution < 1.29 is 13.2 Å². The average molecular weight is 321 g/mol. The van der Waals surface area contributed by atoms with E-state index in [2.05, 4.69) is 19.2 Å². The number of nitrogens with one attached hydrogen (secondary N) is 1. The number of halogens is 1. The molecule has 1 amide bonds. The van der Waals surface area contributed by atoms with Gasteiger partial charge < -0.3 is 9.88 Å². The molecule has 7 heteroatoms. The first-order valence-electron chi connectivity index (χ1n) is 6.61. The van der Waals surface area contributed by atoms with Gasteiger partial charge in [-0.2, -0.15) is 0 Å². The molecule has 20 heavy (non-hydrogen) atoms. The third kappa shape index (κ3) is 5.17. The fourth-order valence-corrected chi connectivity index (χ4v) is 2.65. The van der Waals surface area contributed by atoms with Gasteiger partial charge in [-0.25, -0.2) is 8.42 Å². The second-order valence-electron chi connectivity index (χ2n) is 5.26. The Bertz CT molecular complexity index is 564. The smallest absolute Gasteiger partial charge is 0.267 e. The van der Waals surface area contributed by atoms with E-state index < -0.39 is 9.05 Å². The maximum atomic E-state index is 11.9. The summed E-state index contributed by atoms with van der Waals surface area (Å²) >= 11 is 0. The Balaban J connectivity index is 2.54. The highest BCUT2D eigenvalue weighted by molar-refractivity contribution is 8.13. The zero-order valence-electron chi connectivity index (χ0n) is 12.0. The van der Waals surface area contributed by atoms with Crippen molar-refractivity contribution >= 4 is 25.6 Å². The van der Waals surface area contributed by atoms with Gasteiger partial charge in [0.1, 0.15) is 10.6 Å². The molecular weight excluding hydrogens is 300 g/mol. The third-order valence-corrected chi connectivity index (χ3v) is 4.31. The maximum Gasteiger partial charge on any atom is 0.267 e. The van der Waals surface area contributed by atoms with Crippen LogP contribution < -0.4 is 5.32 Å². The van der Waals surface area contributed by atoms with E-state index in [9.17, 15) is 13.2 Å². The highest BCUT2D eigenvalue weighted by Crippen LogP contribution is 2.17. The van der Waals surface area contributed by atoms with Crippen molar-refractivity contribution in [2.45, 2.75) is 38.0 Å². The summed E-state index contributed by atoms with van der Waals surface area (Å²) in [4.78, 5) is 11.9. The molecule has 0 saturated carbocycles. The van der Waals surface area contributed by atoms with Crippen molar-refractivity contribution in [1.29, 1.82) is 0 Å². The van der Waals surface area contributed by atoms with Gasteiger partial charge in [0.05, 0.1) is 0 Å². The van der Waals surface area contributed by atoms with E-state index >= 15 is 0 Å². The molecule has 0 unspecified atom stereocenters. The number of hydrogen-bond acceptors (Lipinski definition) is 3. The molecule has 0 bridgehead atoms. The van der Waals surface area contributed by atoms with Crippen molar-refractivity contribution in [1.82, 2.24) is 9.88 Å². The lowest BCUT2D eigenvalue weighted by Crippen LogP contribution is -2.26. The van der Waals surface area contributed by atoms with Gasteiger partial charge in [-0.3, -0.25) is 4.79 Å². The summed E-state index contributed by atoms with van der Waals surface area (Å²) < 4.78 is 23.9. The minimum absolute atomic E-state index is 0.0633. The molecule has 0 atom stereocenters. The number of amides is 1. The van der Waals surface area contributed by atoms with Gasteiger partial charge >= 0.3 is 0 Å². The number of aryl methyl sites for hydroxylation is 1. The minimum Gasteiger partial charge on any atom is -0.351 e. The SMILES string of the molecule is CC(C)CCCCNC(=O)c1cc(S(=O)(=O)Cl)cn1C. The highest BCUT2D eigenvalue weighted by Gasteiger charge is 2.18. The molecule has 1 N–H and O–H groups in total. The molecule has 0 aliphatic rings. The van der Waals surface area contributed by atoms with E-state index in [1.807, 2.05) is 0 Å². The predicted octanol–water partition coefficient (Wildman–Crippen LogP) is 2.51. The molecule has 0 radical (unpaired) electrons. The van der Waals surface area contributed by atoms with E-state index in [4.69, 9.17) is 10.7 Å². The molecule has 1 rings (SSSR count). The second kappa shape index (κ2) is 7.13. The fraction of sp³-hybridized carbons (Fsp3) is 0.615. The van der Waals surface area contributed by atoms with Crippen LogP contribution in [0.2, 0.25) is 0 Å². The first-order chi connectivity index (χ1) is 9.21. The summed E-state index contributed by atoms with van der Waals surface area (Å²) in [5.41, 5.74) is 0.285. The molecule has 1 aromatic heterocycles. The van der Waals surface area contributed by atoms with Crippen molar-refractivity contribution in [3.05, 3.63) is 18.0 Å². The van der Waals surface area contributed by atoms with Gasteiger partial charge in [-0.15, -0.1) is 0 Å². The van der Waals surface area contributed by atoms with Crippen LogP contribution in [-0.4, -0.2) is 25.4 Å². The molecule has 5 nitrogen and oxygen atoms in total.